The van der Waals surface area contributed by atoms with Gasteiger partial charge in [-0.3, -0.25) is 0 Å². The molecule has 0 N–H and O–H groups in total. The molecule has 1 rings (SSSR count). The van der Waals surface area contributed by atoms with E-state index in [1.54, 1.807) is 0 Å². The molecule has 16 heavy (non-hydrogen) atoms. The molecule has 90 valence electrons. The second kappa shape index (κ2) is 5.92. The molecule has 1 aromatic carbocycles. The number of benzene rings is 1. The maximum atomic E-state index is 13.5. The third-order valence-electron chi connectivity index (χ3n) is 2.78. The van der Waals surface area contributed by atoms with E-state index in [0.717, 1.165) is 31.7 Å². The summed E-state index contributed by atoms with van der Waals surface area (Å²) in [4.78, 5) is 0. The van der Waals surface area contributed by atoms with Crippen LogP contribution in [0.3, 0.4) is 0 Å². The van der Waals surface area contributed by atoms with Gasteiger partial charge in [0.25, 0.3) is 0 Å². The second-order valence-corrected chi connectivity index (χ2v) is 4.04. The maximum absolute atomic E-state index is 13.5. The molecule has 0 aliphatic heterocycles. The van der Waals surface area contributed by atoms with E-state index in [9.17, 15) is 13.2 Å². The van der Waals surface area contributed by atoms with Gasteiger partial charge in [-0.15, -0.1) is 0 Å². The van der Waals surface area contributed by atoms with Crippen LogP contribution in [0.4, 0.5) is 13.2 Å². The molecule has 0 nitrogen and oxygen atoms in total. The Labute approximate surface area is 94.5 Å². The Morgan fingerprint density at radius 3 is 2.00 bits per heavy atom. The van der Waals surface area contributed by atoms with Crippen molar-refractivity contribution in [3.05, 3.63) is 35.1 Å². The normalized spacial score (nSPS) is 11.1. The van der Waals surface area contributed by atoms with Crippen molar-refractivity contribution >= 4 is 0 Å². The number of halogens is 3. The van der Waals surface area contributed by atoms with E-state index in [0.29, 0.717) is 5.56 Å². The van der Waals surface area contributed by atoms with Crippen molar-refractivity contribution in [3.8, 4) is 0 Å². The first-order valence-corrected chi connectivity index (χ1v) is 5.75. The Hall–Kier alpha value is -0.990. The molecule has 0 radical (unpaired) electrons. The zero-order chi connectivity index (χ0) is 12.1. The van der Waals surface area contributed by atoms with Crippen LogP contribution < -0.4 is 0 Å². The van der Waals surface area contributed by atoms with Gasteiger partial charge in [-0.2, -0.15) is 0 Å². The van der Waals surface area contributed by atoms with Crippen molar-refractivity contribution in [3.63, 3.8) is 0 Å². The highest BCUT2D eigenvalue weighted by Crippen LogP contribution is 2.30. The van der Waals surface area contributed by atoms with E-state index in [1.807, 2.05) is 13.8 Å². The van der Waals surface area contributed by atoms with E-state index in [2.05, 4.69) is 0 Å². The van der Waals surface area contributed by atoms with E-state index >= 15 is 0 Å². The van der Waals surface area contributed by atoms with Gasteiger partial charge in [0.1, 0.15) is 0 Å². The Balaban J connectivity index is 3.04. The predicted molar refractivity (Wildman–Crippen MR) is 58.9 cm³/mol. The van der Waals surface area contributed by atoms with E-state index in [-0.39, 0.29) is 5.92 Å². The summed E-state index contributed by atoms with van der Waals surface area (Å²) >= 11 is 0. The highest BCUT2D eigenvalue weighted by Gasteiger charge is 2.19. The molecule has 1 aromatic rings. The Kier molecular flexibility index (Phi) is 4.84. The maximum Gasteiger partial charge on any atom is 0.194 e. The topological polar surface area (TPSA) is 0 Å². The fraction of sp³-hybridized carbons (Fsp3) is 0.538. The van der Waals surface area contributed by atoms with E-state index < -0.39 is 17.5 Å². The Morgan fingerprint density at radius 2 is 1.50 bits per heavy atom. The molecule has 0 saturated heterocycles. The molecule has 0 amide bonds. The minimum Gasteiger partial charge on any atom is -0.204 e. The summed E-state index contributed by atoms with van der Waals surface area (Å²) in [6.07, 6.45) is 3.41. The van der Waals surface area contributed by atoms with Crippen LogP contribution in [-0.4, -0.2) is 0 Å². The molecule has 0 aliphatic rings. The fourth-order valence-electron chi connectivity index (χ4n) is 2.01. The third kappa shape index (κ3) is 2.77. The number of hydrogen-bond acceptors (Lipinski definition) is 0. The number of rotatable bonds is 5. The predicted octanol–water partition coefficient (Wildman–Crippen LogP) is 4.79. The van der Waals surface area contributed by atoms with Gasteiger partial charge in [0, 0.05) is 0 Å². The van der Waals surface area contributed by atoms with Gasteiger partial charge < -0.3 is 0 Å². The second-order valence-electron chi connectivity index (χ2n) is 4.04. The minimum atomic E-state index is -1.35. The summed E-state index contributed by atoms with van der Waals surface area (Å²) in [7, 11) is 0. The van der Waals surface area contributed by atoms with Gasteiger partial charge in [-0.05, 0) is 30.4 Å². The van der Waals surface area contributed by atoms with Crippen molar-refractivity contribution in [1.82, 2.24) is 0 Å². The van der Waals surface area contributed by atoms with Crippen molar-refractivity contribution in [2.24, 2.45) is 0 Å². The van der Waals surface area contributed by atoms with Gasteiger partial charge in [-0.1, -0.05) is 32.8 Å². The van der Waals surface area contributed by atoms with Crippen LogP contribution in [0.25, 0.3) is 0 Å². The van der Waals surface area contributed by atoms with Crippen LogP contribution in [-0.2, 0) is 0 Å². The standard InChI is InChI=1S/C13H17F3/c1-3-5-9(6-4-2)10-7-8-11(14)13(16)12(10)15/h7-9H,3-6H2,1-2H3. The highest BCUT2D eigenvalue weighted by atomic mass is 19.2. The lowest BCUT2D eigenvalue weighted by Crippen LogP contribution is -2.04. The number of hydrogen-bond donors (Lipinski definition) is 0. The lowest BCUT2D eigenvalue weighted by atomic mass is 9.90. The largest absolute Gasteiger partial charge is 0.204 e. The quantitative estimate of drug-likeness (QED) is 0.638. The lowest BCUT2D eigenvalue weighted by molar-refractivity contribution is 0.427. The SMILES string of the molecule is CCCC(CCC)c1ccc(F)c(F)c1F. The first kappa shape index (κ1) is 13.1. The molecule has 0 unspecified atom stereocenters. The molecule has 0 bridgehead atoms. The van der Waals surface area contributed by atoms with Crippen LogP contribution in [0.1, 0.15) is 51.0 Å². The molecule has 0 heterocycles. The Bertz CT molecular complexity index is 341. The van der Waals surface area contributed by atoms with Crippen LogP contribution in [0, 0.1) is 17.5 Å². The molecule has 0 saturated carbocycles. The summed E-state index contributed by atoms with van der Waals surface area (Å²) in [5.41, 5.74) is 0.308. The van der Waals surface area contributed by atoms with Gasteiger partial charge in [0.05, 0.1) is 0 Å². The molecule has 0 aliphatic carbocycles. The van der Waals surface area contributed by atoms with Gasteiger partial charge >= 0.3 is 0 Å². The average molecular weight is 230 g/mol. The van der Waals surface area contributed by atoms with Crippen LogP contribution in [0.5, 0.6) is 0 Å². The fourth-order valence-corrected chi connectivity index (χ4v) is 2.01. The minimum absolute atomic E-state index is 0.00917. The molecule has 0 fully saturated rings. The first-order valence-electron chi connectivity index (χ1n) is 5.75. The molecular weight excluding hydrogens is 213 g/mol. The van der Waals surface area contributed by atoms with Crippen molar-refractivity contribution < 1.29 is 13.2 Å². The molecular formula is C13H17F3. The van der Waals surface area contributed by atoms with Crippen molar-refractivity contribution in [2.75, 3.05) is 0 Å². The summed E-state index contributed by atoms with van der Waals surface area (Å²) in [6.45, 7) is 4.00. The zero-order valence-corrected chi connectivity index (χ0v) is 9.69. The molecule has 0 aromatic heterocycles. The van der Waals surface area contributed by atoms with Crippen molar-refractivity contribution in [2.45, 2.75) is 45.4 Å². The van der Waals surface area contributed by atoms with Gasteiger partial charge in [-0.25, -0.2) is 13.2 Å². The lowest BCUT2D eigenvalue weighted by Gasteiger charge is -2.16. The molecule has 3 heteroatoms. The summed E-state index contributed by atoms with van der Waals surface area (Å²) in [5.74, 6) is -3.50. The molecule has 0 spiro atoms. The van der Waals surface area contributed by atoms with E-state index in [4.69, 9.17) is 0 Å². The zero-order valence-electron chi connectivity index (χ0n) is 9.69. The van der Waals surface area contributed by atoms with Crippen LogP contribution in [0.15, 0.2) is 12.1 Å². The van der Waals surface area contributed by atoms with Gasteiger partial charge in [0.2, 0.25) is 0 Å². The van der Waals surface area contributed by atoms with Crippen molar-refractivity contribution in [1.29, 1.82) is 0 Å². The average Bonchev–Trinajstić information content (AvgIpc) is 2.26. The first-order chi connectivity index (χ1) is 7.61. The van der Waals surface area contributed by atoms with Gasteiger partial charge in [0.15, 0.2) is 17.5 Å². The smallest absolute Gasteiger partial charge is 0.194 e. The summed E-state index contributed by atoms with van der Waals surface area (Å²) in [6, 6.07) is 2.37. The van der Waals surface area contributed by atoms with Crippen LogP contribution >= 0.6 is 0 Å². The summed E-state index contributed by atoms with van der Waals surface area (Å²) in [5, 5.41) is 0. The Morgan fingerprint density at radius 1 is 0.938 bits per heavy atom. The summed E-state index contributed by atoms with van der Waals surface area (Å²) < 4.78 is 39.4. The van der Waals surface area contributed by atoms with Crippen LogP contribution in [0.2, 0.25) is 0 Å². The third-order valence-corrected chi connectivity index (χ3v) is 2.78. The monoisotopic (exact) mass is 230 g/mol. The highest BCUT2D eigenvalue weighted by molar-refractivity contribution is 5.24. The van der Waals surface area contributed by atoms with E-state index in [1.165, 1.54) is 6.07 Å². The molecule has 0 atom stereocenters.